The molecule has 0 saturated carbocycles. The fraction of sp³-hybridized carbons (Fsp3) is 0.409. The number of carbonyl (C=O) groups excluding carboxylic acids is 1. The normalized spacial score (nSPS) is 14.4. The van der Waals surface area contributed by atoms with Crippen molar-refractivity contribution in [3.63, 3.8) is 0 Å². The minimum absolute atomic E-state index is 0.0964. The lowest BCUT2D eigenvalue weighted by Gasteiger charge is -2.35. The first-order valence-corrected chi connectivity index (χ1v) is 9.67. The second-order valence-corrected chi connectivity index (χ2v) is 7.07. The summed E-state index contributed by atoms with van der Waals surface area (Å²) in [6.07, 6.45) is 0.202. The molecule has 0 unspecified atom stereocenters. The SMILES string of the molecule is COc1cc(CC(=O)Nc2ccccc2N2CCN(C)CC2)cc(OC)c1OC. The van der Waals surface area contributed by atoms with E-state index in [0.29, 0.717) is 17.2 Å². The van der Waals surface area contributed by atoms with E-state index >= 15 is 0 Å². The van der Waals surface area contributed by atoms with E-state index in [1.54, 1.807) is 33.5 Å². The second kappa shape index (κ2) is 9.52. The van der Waals surface area contributed by atoms with Crippen LogP contribution < -0.4 is 24.4 Å². The van der Waals surface area contributed by atoms with Crippen LogP contribution in [0.2, 0.25) is 0 Å². The van der Waals surface area contributed by atoms with Gasteiger partial charge in [-0.2, -0.15) is 0 Å². The number of para-hydroxylation sites is 2. The first-order chi connectivity index (χ1) is 14.0. The van der Waals surface area contributed by atoms with Crippen molar-refractivity contribution >= 4 is 17.3 Å². The topological polar surface area (TPSA) is 63.3 Å². The standard InChI is InChI=1S/C22H29N3O4/c1-24-9-11-25(12-10-24)18-8-6-5-7-17(18)23-21(26)15-16-13-19(27-2)22(29-4)20(14-16)28-3/h5-8,13-14H,9-12,15H2,1-4H3,(H,23,26). The highest BCUT2D eigenvalue weighted by atomic mass is 16.5. The van der Waals surface area contributed by atoms with E-state index in [-0.39, 0.29) is 12.3 Å². The van der Waals surface area contributed by atoms with Crippen molar-refractivity contribution in [2.75, 3.05) is 64.8 Å². The Morgan fingerprint density at radius 3 is 2.17 bits per heavy atom. The summed E-state index contributed by atoms with van der Waals surface area (Å²) < 4.78 is 16.1. The van der Waals surface area contributed by atoms with Gasteiger partial charge in [0.05, 0.1) is 39.1 Å². The smallest absolute Gasteiger partial charge is 0.228 e. The second-order valence-electron chi connectivity index (χ2n) is 7.07. The maximum Gasteiger partial charge on any atom is 0.228 e. The van der Waals surface area contributed by atoms with Gasteiger partial charge in [0.2, 0.25) is 11.7 Å². The Balaban J connectivity index is 1.75. The quantitative estimate of drug-likeness (QED) is 0.772. The van der Waals surface area contributed by atoms with Gasteiger partial charge in [0.25, 0.3) is 0 Å². The number of nitrogens with one attached hydrogen (secondary N) is 1. The van der Waals surface area contributed by atoms with Crippen LogP contribution in [0.25, 0.3) is 0 Å². The van der Waals surface area contributed by atoms with Crippen molar-refractivity contribution in [3.05, 3.63) is 42.0 Å². The Morgan fingerprint density at radius 1 is 0.966 bits per heavy atom. The van der Waals surface area contributed by atoms with E-state index in [2.05, 4.69) is 28.2 Å². The number of ether oxygens (including phenoxy) is 3. The zero-order valence-electron chi connectivity index (χ0n) is 17.5. The summed E-state index contributed by atoms with van der Waals surface area (Å²) in [4.78, 5) is 17.4. The number of methoxy groups -OCH3 is 3. The highest BCUT2D eigenvalue weighted by Gasteiger charge is 2.19. The highest BCUT2D eigenvalue weighted by Crippen LogP contribution is 2.38. The van der Waals surface area contributed by atoms with E-state index in [9.17, 15) is 4.79 Å². The molecule has 0 bridgehead atoms. The molecule has 0 aliphatic carbocycles. The average molecular weight is 399 g/mol. The number of hydrogen-bond acceptors (Lipinski definition) is 6. The highest BCUT2D eigenvalue weighted by molar-refractivity contribution is 5.95. The van der Waals surface area contributed by atoms with Crippen molar-refractivity contribution in [1.82, 2.24) is 4.90 Å². The number of amides is 1. The molecule has 1 N–H and O–H groups in total. The fourth-order valence-electron chi connectivity index (χ4n) is 3.52. The van der Waals surface area contributed by atoms with Crippen molar-refractivity contribution in [1.29, 1.82) is 0 Å². The zero-order chi connectivity index (χ0) is 20.8. The summed E-state index contributed by atoms with van der Waals surface area (Å²) in [5.74, 6) is 1.49. The van der Waals surface area contributed by atoms with Gasteiger partial charge in [0.1, 0.15) is 0 Å². The number of carbonyl (C=O) groups is 1. The molecule has 29 heavy (non-hydrogen) atoms. The van der Waals surface area contributed by atoms with Crippen LogP contribution in [0.15, 0.2) is 36.4 Å². The first kappa shape index (κ1) is 20.8. The van der Waals surface area contributed by atoms with Gasteiger partial charge in [-0.05, 0) is 36.9 Å². The van der Waals surface area contributed by atoms with Gasteiger partial charge in [-0.1, -0.05) is 12.1 Å². The summed E-state index contributed by atoms with van der Waals surface area (Å²) in [6, 6.07) is 11.5. The van der Waals surface area contributed by atoms with Crippen LogP contribution in [-0.2, 0) is 11.2 Å². The number of likely N-dealkylation sites (N-methyl/N-ethyl adjacent to an activating group) is 1. The monoisotopic (exact) mass is 399 g/mol. The Labute approximate surface area is 172 Å². The molecule has 7 nitrogen and oxygen atoms in total. The molecule has 1 amide bonds. The van der Waals surface area contributed by atoms with Crippen LogP contribution >= 0.6 is 0 Å². The molecule has 1 fully saturated rings. The Hall–Kier alpha value is -2.93. The van der Waals surface area contributed by atoms with Gasteiger partial charge >= 0.3 is 0 Å². The van der Waals surface area contributed by atoms with Gasteiger partial charge < -0.3 is 29.3 Å². The minimum atomic E-state index is -0.0964. The third-order valence-electron chi connectivity index (χ3n) is 5.11. The van der Waals surface area contributed by atoms with E-state index in [0.717, 1.165) is 43.1 Å². The molecule has 2 aromatic rings. The molecular weight excluding hydrogens is 370 g/mol. The lowest BCUT2D eigenvalue weighted by Crippen LogP contribution is -2.44. The van der Waals surface area contributed by atoms with Crippen LogP contribution in [0.1, 0.15) is 5.56 Å². The van der Waals surface area contributed by atoms with Crippen molar-refractivity contribution in [2.24, 2.45) is 0 Å². The molecule has 2 aromatic carbocycles. The average Bonchev–Trinajstić information content (AvgIpc) is 2.74. The van der Waals surface area contributed by atoms with Gasteiger partial charge in [-0.15, -0.1) is 0 Å². The molecule has 0 aromatic heterocycles. The lowest BCUT2D eigenvalue weighted by molar-refractivity contribution is -0.115. The van der Waals surface area contributed by atoms with Crippen LogP contribution in [0.5, 0.6) is 17.2 Å². The summed E-state index contributed by atoms with van der Waals surface area (Å²) in [5.41, 5.74) is 2.67. The third kappa shape index (κ3) is 4.92. The van der Waals surface area contributed by atoms with Crippen LogP contribution in [0.3, 0.4) is 0 Å². The molecule has 3 rings (SSSR count). The molecule has 1 aliphatic rings. The van der Waals surface area contributed by atoms with Crippen LogP contribution in [0.4, 0.5) is 11.4 Å². The van der Waals surface area contributed by atoms with E-state index in [4.69, 9.17) is 14.2 Å². The molecule has 0 radical (unpaired) electrons. The number of piperazine rings is 1. The number of anilines is 2. The van der Waals surface area contributed by atoms with Gasteiger partial charge in [-0.25, -0.2) is 0 Å². The molecule has 1 saturated heterocycles. The van der Waals surface area contributed by atoms with Crippen molar-refractivity contribution in [3.8, 4) is 17.2 Å². The van der Waals surface area contributed by atoms with E-state index in [1.165, 1.54) is 0 Å². The summed E-state index contributed by atoms with van der Waals surface area (Å²) >= 11 is 0. The van der Waals surface area contributed by atoms with Crippen molar-refractivity contribution in [2.45, 2.75) is 6.42 Å². The number of benzene rings is 2. The van der Waals surface area contributed by atoms with E-state index in [1.807, 2.05) is 18.2 Å². The van der Waals surface area contributed by atoms with E-state index < -0.39 is 0 Å². The van der Waals surface area contributed by atoms with Gasteiger partial charge in [0, 0.05) is 26.2 Å². The largest absolute Gasteiger partial charge is 0.493 e. The third-order valence-corrected chi connectivity index (χ3v) is 5.11. The number of hydrogen-bond donors (Lipinski definition) is 1. The minimum Gasteiger partial charge on any atom is -0.493 e. The Kier molecular flexibility index (Phi) is 6.82. The lowest BCUT2D eigenvalue weighted by atomic mass is 10.1. The molecule has 0 spiro atoms. The predicted molar refractivity (Wildman–Crippen MR) is 115 cm³/mol. The zero-order valence-corrected chi connectivity index (χ0v) is 17.5. The van der Waals surface area contributed by atoms with Crippen molar-refractivity contribution < 1.29 is 19.0 Å². The van der Waals surface area contributed by atoms with Gasteiger partial charge in [0.15, 0.2) is 11.5 Å². The molecule has 0 atom stereocenters. The predicted octanol–water partition coefficient (Wildman–Crippen LogP) is 2.65. The first-order valence-electron chi connectivity index (χ1n) is 9.67. The molecule has 156 valence electrons. The molecule has 1 heterocycles. The Morgan fingerprint density at radius 2 is 1.59 bits per heavy atom. The summed E-state index contributed by atoms with van der Waals surface area (Å²) in [7, 11) is 6.81. The fourth-order valence-corrected chi connectivity index (χ4v) is 3.52. The maximum absolute atomic E-state index is 12.8. The van der Waals surface area contributed by atoms with Crippen LogP contribution in [-0.4, -0.2) is 65.4 Å². The summed E-state index contributed by atoms with van der Waals surface area (Å²) in [5, 5.41) is 3.06. The molecule has 1 aliphatic heterocycles. The molecule has 7 heteroatoms. The van der Waals surface area contributed by atoms with Gasteiger partial charge in [-0.3, -0.25) is 4.79 Å². The van der Waals surface area contributed by atoms with Crippen LogP contribution in [0, 0.1) is 0 Å². The maximum atomic E-state index is 12.8. The summed E-state index contributed by atoms with van der Waals surface area (Å²) in [6.45, 7) is 3.90. The molecular formula is C22H29N3O4. The number of rotatable bonds is 7. The number of nitrogens with zero attached hydrogens (tertiary/aromatic N) is 2. The Bertz CT molecular complexity index is 823.